The zero-order valence-electron chi connectivity index (χ0n) is 22.5. The van der Waals surface area contributed by atoms with Crippen LogP contribution < -0.4 is 0 Å². The summed E-state index contributed by atoms with van der Waals surface area (Å²) in [6.45, 7) is 16.0. The lowest BCUT2D eigenvalue weighted by Crippen LogP contribution is -2.05. The van der Waals surface area contributed by atoms with Crippen molar-refractivity contribution in [2.45, 2.75) is 137 Å². The van der Waals surface area contributed by atoms with E-state index in [1.54, 1.807) is 13.8 Å². The number of carbonyl (C=O) groups is 2. The number of esters is 2. The molecule has 0 unspecified atom stereocenters. The van der Waals surface area contributed by atoms with E-state index in [4.69, 9.17) is 9.47 Å². The Morgan fingerprint density at radius 3 is 0.970 bits per heavy atom. The molecule has 0 N–H and O–H groups in total. The summed E-state index contributed by atoms with van der Waals surface area (Å²) in [5.74, 6) is -0.521. The van der Waals surface area contributed by atoms with Crippen LogP contribution in [0.25, 0.3) is 0 Å². The number of hydrogen-bond donors (Lipinski definition) is 0. The van der Waals surface area contributed by atoms with Gasteiger partial charge in [0.2, 0.25) is 0 Å². The lowest BCUT2D eigenvalue weighted by molar-refractivity contribution is -0.139. The molecule has 0 rings (SSSR count). The molecule has 0 aromatic carbocycles. The van der Waals surface area contributed by atoms with Crippen LogP contribution in [0.1, 0.15) is 137 Å². The monoisotopic (exact) mass is 466 g/mol. The van der Waals surface area contributed by atoms with E-state index in [2.05, 4.69) is 27.0 Å². The second-order valence-corrected chi connectivity index (χ2v) is 9.14. The Morgan fingerprint density at radius 2 is 0.727 bits per heavy atom. The van der Waals surface area contributed by atoms with E-state index in [1.165, 1.54) is 89.9 Å². The quantitative estimate of drug-likeness (QED) is 0.0962. The Labute approximate surface area is 205 Å². The third kappa shape index (κ3) is 28.4. The van der Waals surface area contributed by atoms with Gasteiger partial charge in [-0.1, -0.05) is 123 Å². The number of carbonyl (C=O) groups excluding carboxylic acids is 2. The maximum atomic E-state index is 11.1. The predicted molar refractivity (Wildman–Crippen MR) is 141 cm³/mol. The predicted octanol–water partition coefficient (Wildman–Crippen LogP) is 8.88. The number of ether oxygens (including phenoxy) is 2. The maximum absolute atomic E-state index is 11.1. The summed E-state index contributed by atoms with van der Waals surface area (Å²) in [5, 5.41) is 0. The molecular formula is C29H54O4. The number of unbranched alkanes of at least 4 members (excludes halogenated alkanes) is 15. The minimum atomic E-state index is -0.263. The fraction of sp³-hybridized carbons (Fsp3) is 0.793. The second-order valence-electron chi connectivity index (χ2n) is 9.14. The van der Waals surface area contributed by atoms with Crippen molar-refractivity contribution in [1.29, 1.82) is 0 Å². The number of rotatable bonds is 21. The van der Waals surface area contributed by atoms with Crippen LogP contribution in [0, 0.1) is 0 Å². The molecule has 0 amide bonds. The highest BCUT2D eigenvalue weighted by atomic mass is 16.5. The molecule has 4 heteroatoms. The smallest absolute Gasteiger partial charge is 0.333 e. The minimum Gasteiger partial charge on any atom is -0.462 e. The summed E-state index contributed by atoms with van der Waals surface area (Å²) < 4.78 is 10.0. The summed E-state index contributed by atoms with van der Waals surface area (Å²) >= 11 is 0. The average molecular weight is 467 g/mol. The van der Waals surface area contributed by atoms with Crippen molar-refractivity contribution in [3.05, 3.63) is 24.3 Å². The third-order valence-corrected chi connectivity index (χ3v) is 5.41. The zero-order chi connectivity index (χ0) is 25.2. The average Bonchev–Trinajstić information content (AvgIpc) is 2.79. The Morgan fingerprint density at radius 1 is 0.485 bits per heavy atom. The van der Waals surface area contributed by atoms with Crippen LogP contribution in [-0.4, -0.2) is 25.2 Å². The molecule has 194 valence electrons. The van der Waals surface area contributed by atoms with Crippen LogP contribution in [-0.2, 0) is 19.1 Å². The van der Waals surface area contributed by atoms with Gasteiger partial charge in [-0.05, 0) is 26.7 Å². The van der Waals surface area contributed by atoms with E-state index in [0.29, 0.717) is 24.4 Å². The van der Waals surface area contributed by atoms with Gasteiger partial charge in [0, 0.05) is 11.1 Å². The molecule has 0 aliphatic carbocycles. The summed E-state index contributed by atoms with van der Waals surface area (Å²) in [7, 11) is 0. The molecule has 0 saturated heterocycles. The Balaban J connectivity index is 0. The molecule has 0 radical (unpaired) electrons. The fourth-order valence-corrected chi connectivity index (χ4v) is 3.22. The minimum absolute atomic E-state index is 0.258. The van der Waals surface area contributed by atoms with Crippen LogP contribution in [0.2, 0.25) is 0 Å². The maximum Gasteiger partial charge on any atom is 0.333 e. The Kier molecular flexibility index (Phi) is 27.1. The SMILES string of the molecule is C=C(C)C(=O)OCCCCCCCCC.C=C(C)C(=O)OCCCCCCCCCCCC. The summed E-state index contributed by atoms with van der Waals surface area (Å²) in [4.78, 5) is 22.1. The molecule has 0 fully saturated rings. The Hall–Kier alpha value is -1.58. The molecular weight excluding hydrogens is 412 g/mol. The normalized spacial score (nSPS) is 10.2. The molecule has 0 aromatic rings. The summed E-state index contributed by atoms with van der Waals surface area (Å²) in [6.07, 6.45) is 21.6. The molecule has 0 aliphatic heterocycles. The first-order valence-corrected chi connectivity index (χ1v) is 13.5. The van der Waals surface area contributed by atoms with Gasteiger partial charge in [-0.3, -0.25) is 0 Å². The van der Waals surface area contributed by atoms with Crippen molar-refractivity contribution in [3.63, 3.8) is 0 Å². The molecule has 0 aromatic heterocycles. The zero-order valence-corrected chi connectivity index (χ0v) is 22.5. The first kappa shape index (κ1) is 33.6. The van der Waals surface area contributed by atoms with Crippen molar-refractivity contribution >= 4 is 11.9 Å². The van der Waals surface area contributed by atoms with Crippen LogP contribution >= 0.6 is 0 Å². The van der Waals surface area contributed by atoms with Gasteiger partial charge >= 0.3 is 11.9 Å². The van der Waals surface area contributed by atoms with Gasteiger partial charge in [0.25, 0.3) is 0 Å². The van der Waals surface area contributed by atoms with Crippen molar-refractivity contribution in [1.82, 2.24) is 0 Å². The molecule has 0 saturated carbocycles. The van der Waals surface area contributed by atoms with Crippen LogP contribution in [0.15, 0.2) is 24.3 Å². The van der Waals surface area contributed by atoms with E-state index in [9.17, 15) is 9.59 Å². The first-order valence-electron chi connectivity index (χ1n) is 13.5. The topological polar surface area (TPSA) is 52.6 Å². The van der Waals surface area contributed by atoms with E-state index < -0.39 is 0 Å². The van der Waals surface area contributed by atoms with Gasteiger partial charge in [0.05, 0.1) is 13.2 Å². The third-order valence-electron chi connectivity index (χ3n) is 5.41. The molecule has 33 heavy (non-hydrogen) atoms. The summed E-state index contributed by atoms with van der Waals surface area (Å²) in [5.41, 5.74) is 0.972. The van der Waals surface area contributed by atoms with E-state index >= 15 is 0 Å². The van der Waals surface area contributed by atoms with Crippen LogP contribution in [0.4, 0.5) is 0 Å². The van der Waals surface area contributed by atoms with Crippen molar-refractivity contribution in [3.8, 4) is 0 Å². The van der Waals surface area contributed by atoms with E-state index in [1.807, 2.05) is 0 Å². The molecule has 0 atom stereocenters. The summed E-state index contributed by atoms with van der Waals surface area (Å²) in [6, 6.07) is 0. The van der Waals surface area contributed by atoms with Crippen molar-refractivity contribution in [2.75, 3.05) is 13.2 Å². The number of hydrogen-bond acceptors (Lipinski definition) is 4. The van der Waals surface area contributed by atoms with E-state index in [0.717, 1.165) is 19.3 Å². The molecule has 0 bridgehead atoms. The lowest BCUT2D eigenvalue weighted by Gasteiger charge is -2.04. The molecule has 0 spiro atoms. The van der Waals surface area contributed by atoms with Gasteiger partial charge in [-0.25, -0.2) is 9.59 Å². The van der Waals surface area contributed by atoms with Crippen LogP contribution in [0.3, 0.4) is 0 Å². The van der Waals surface area contributed by atoms with Gasteiger partial charge < -0.3 is 9.47 Å². The van der Waals surface area contributed by atoms with Crippen LogP contribution in [0.5, 0.6) is 0 Å². The van der Waals surface area contributed by atoms with Crippen molar-refractivity contribution in [2.24, 2.45) is 0 Å². The van der Waals surface area contributed by atoms with Gasteiger partial charge in [-0.2, -0.15) is 0 Å². The lowest BCUT2D eigenvalue weighted by atomic mass is 10.1. The highest BCUT2D eigenvalue weighted by Crippen LogP contribution is 2.10. The molecule has 0 aliphatic rings. The fourth-order valence-electron chi connectivity index (χ4n) is 3.22. The molecule has 4 nitrogen and oxygen atoms in total. The Bertz CT molecular complexity index is 496. The van der Waals surface area contributed by atoms with E-state index in [-0.39, 0.29) is 11.9 Å². The second kappa shape index (κ2) is 26.7. The largest absolute Gasteiger partial charge is 0.462 e. The molecule has 0 heterocycles. The van der Waals surface area contributed by atoms with Gasteiger partial charge in [0.15, 0.2) is 0 Å². The first-order chi connectivity index (χ1) is 15.9. The van der Waals surface area contributed by atoms with Gasteiger partial charge in [0.1, 0.15) is 0 Å². The van der Waals surface area contributed by atoms with Crippen molar-refractivity contribution < 1.29 is 19.1 Å². The standard InChI is InChI=1S/C16H30O2.C13H24O2/c1-4-5-6-7-8-9-10-11-12-13-14-18-16(17)15(2)3;1-4-5-6-7-8-9-10-11-15-13(14)12(2)3/h2,4-14H2,1,3H3;2,4-11H2,1,3H3. The highest BCUT2D eigenvalue weighted by molar-refractivity contribution is 5.87. The highest BCUT2D eigenvalue weighted by Gasteiger charge is 2.02. The van der Waals surface area contributed by atoms with Gasteiger partial charge in [-0.15, -0.1) is 0 Å².